The van der Waals surface area contributed by atoms with E-state index in [9.17, 15) is 9.59 Å². The molecule has 0 heterocycles. The number of methoxy groups -OCH3 is 1. The first-order chi connectivity index (χ1) is 16.9. The first-order valence-corrected chi connectivity index (χ1v) is 12.6. The van der Waals surface area contributed by atoms with Crippen molar-refractivity contribution in [2.45, 2.75) is 58.9 Å². The van der Waals surface area contributed by atoms with Crippen LogP contribution in [0.2, 0.25) is 0 Å². The average molecular weight is 484 g/mol. The van der Waals surface area contributed by atoms with Crippen LogP contribution in [-0.4, -0.2) is 44.7 Å². The minimum Gasteiger partial charge on any atom is -0.497 e. The maximum Gasteiger partial charge on any atom is 0.251 e. The van der Waals surface area contributed by atoms with Gasteiger partial charge in [0.25, 0.3) is 5.91 Å². The molecule has 0 bridgehead atoms. The van der Waals surface area contributed by atoms with Crippen molar-refractivity contribution in [2.75, 3.05) is 32.1 Å². The second-order valence-corrected chi connectivity index (χ2v) is 9.04. The summed E-state index contributed by atoms with van der Waals surface area (Å²) in [5, 5.41) is 9.10. The summed E-state index contributed by atoms with van der Waals surface area (Å²) >= 11 is 0. The molecule has 2 aromatic rings. The van der Waals surface area contributed by atoms with Gasteiger partial charge in [0.15, 0.2) is 0 Å². The van der Waals surface area contributed by atoms with E-state index in [4.69, 9.17) is 9.47 Å². The number of anilines is 1. The first-order valence-electron chi connectivity index (χ1n) is 12.6. The van der Waals surface area contributed by atoms with E-state index in [1.54, 1.807) is 31.4 Å². The second-order valence-electron chi connectivity index (χ2n) is 9.04. The van der Waals surface area contributed by atoms with Gasteiger partial charge in [0.2, 0.25) is 5.91 Å². The quantitative estimate of drug-likeness (QED) is 0.292. The summed E-state index contributed by atoms with van der Waals surface area (Å²) in [6, 6.07) is 14.1. The lowest BCUT2D eigenvalue weighted by molar-refractivity contribution is -0.123. The van der Waals surface area contributed by atoms with Crippen molar-refractivity contribution in [3.8, 4) is 11.5 Å². The number of rotatable bonds is 16. The predicted molar refractivity (Wildman–Crippen MR) is 141 cm³/mol. The lowest BCUT2D eigenvalue weighted by atomic mass is 10.0. The van der Waals surface area contributed by atoms with E-state index in [0.29, 0.717) is 30.8 Å². The normalized spacial score (nSPS) is 11.6. The van der Waals surface area contributed by atoms with Crippen LogP contribution in [0.15, 0.2) is 48.5 Å². The van der Waals surface area contributed by atoms with Crippen molar-refractivity contribution in [1.82, 2.24) is 10.6 Å². The molecular formula is C28H41N3O4. The Bertz CT molecular complexity index is 882. The van der Waals surface area contributed by atoms with E-state index in [2.05, 4.69) is 22.9 Å². The van der Waals surface area contributed by atoms with Crippen molar-refractivity contribution in [2.24, 2.45) is 5.92 Å². The molecule has 0 spiro atoms. The zero-order valence-electron chi connectivity index (χ0n) is 21.6. The van der Waals surface area contributed by atoms with E-state index in [-0.39, 0.29) is 17.7 Å². The number of carbonyl (C=O) groups is 2. The lowest BCUT2D eigenvalue weighted by Crippen LogP contribution is -2.48. The largest absolute Gasteiger partial charge is 0.497 e. The molecule has 0 aliphatic carbocycles. The van der Waals surface area contributed by atoms with Crippen molar-refractivity contribution in [3.63, 3.8) is 0 Å². The third kappa shape index (κ3) is 10.7. The van der Waals surface area contributed by atoms with Crippen LogP contribution in [0.4, 0.5) is 5.69 Å². The summed E-state index contributed by atoms with van der Waals surface area (Å²) in [6.45, 7) is 8.01. The zero-order valence-corrected chi connectivity index (χ0v) is 21.6. The summed E-state index contributed by atoms with van der Waals surface area (Å²) in [6.07, 6.45) is 5.30. The number of amides is 2. The maximum atomic E-state index is 12.8. The van der Waals surface area contributed by atoms with E-state index < -0.39 is 6.04 Å². The molecule has 7 heteroatoms. The smallest absolute Gasteiger partial charge is 0.251 e. The van der Waals surface area contributed by atoms with Crippen molar-refractivity contribution in [1.29, 1.82) is 0 Å². The van der Waals surface area contributed by atoms with Crippen LogP contribution in [0.5, 0.6) is 11.5 Å². The predicted octanol–water partition coefficient (Wildman–Crippen LogP) is 5.03. The Hall–Kier alpha value is -3.22. The Balaban J connectivity index is 1.76. The number of hydrogen-bond donors (Lipinski definition) is 3. The highest BCUT2D eigenvalue weighted by molar-refractivity contribution is 5.97. The molecule has 0 radical (unpaired) electrons. The fraction of sp³-hybridized carbons (Fsp3) is 0.500. The summed E-state index contributed by atoms with van der Waals surface area (Å²) in [5.74, 6) is 1.33. The Morgan fingerprint density at radius 2 is 1.57 bits per heavy atom. The van der Waals surface area contributed by atoms with Gasteiger partial charge in [-0.15, -0.1) is 0 Å². The number of nitrogens with one attached hydrogen (secondary N) is 3. The van der Waals surface area contributed by atoms with E-state index in [1.807, 2.05) is 38.1 Å². The first kappa shape index (κ1) is 28.0. The van der Waals surface area contributed by atoms with Crippen LogP contribution in [0.25, 0.3) is 0 Å². The van der Waals surface area contributed by atoms with Crippen LogP contribution in [-0.2, 0) is 4.79 Å². The molecule has 0 fully saturated rings. The molecule has 192 valence electrons. The summed E-state index contributed by atoms with van der Waals surface area (Å²) < 4.78 is 10.9. The highest BCUT2D eigenvalue weighted by Crippen LogP contribution is 2.16. The Kier molecular flexibility index (Phi) is 12.5. The summed E-state index contributed by atoms with van der Waals surface area (Å²) in [5.41, 5.74) is 1.45. The van der Waals surface area contributed by atoms with Crippen molar-refractivity contribution >= 4 is 17.5 Å². The Labute approximate surface area is 210 Å². The molecule has 0 aliphatic rings. The Morgan fingerprint density at radius 1 is 0.886 bits per heavy atom. The molecule has 0 aliphatic heterocycles. The maximum absolute atomic E-state index is 12.8. The number of unbranched alkanes of at least 4 members (excludes halogenated alkanes) is 3. The molecule has 2 aromatic carbocycles. The molecule has 0 saturated carbocycles. The van der Waals surface area contributed by atoms with Gasteiger partial charge in [-0.1, -0.05) is 40.0 Å². The van der Waals surface area contributed by atoms with Crippen molar-refractivity contribution in [3.05, 3.63) is 54.1 Å². The van der Waals surface area contributed by atoms with Gasteiger partial charge in [-0.3, -0.25) is 9.59 Å². The average Bonchev–Trinajstić information content (AvgIpc) is 2.86. The monoisotopic (exact) mass is 483 g/mol. The third-order valence-corrected chi connectivity index (χ3v) is 5.56. The van der Waals surface area contributed by atoms with Gasteiger partial charge in [-0.2, -0.15) is 0 Å². The molecule has 35 heavy (non-hydrogen) atoms. The molecule has 3 N–H and O–H groups in total. The molecule has 0 saturated heterocycles. The van der Waals surface area contributed by atoms with E-state index in [1.165, 1.54) is 19.3 Å². The van der Waals surface area contributed by atoms with E-state index in [0.717, 1.165) is 24.5 Å². The number of hydrogen-bond acceptors (Lipinski definition) is 5. The zero-order chi connectivity index (χ0) is 25.5. The molecular weight excluding hydrogens is 442 g/mol. The highest BCUT2D eigenvalue weighted by Gasteiger charge is 2.22. The van der Waals surface area contributed by atoms with Gasteiger partial charge in [-0.25, -0.2) is 0 Å². The van der Waals surface area contributed by atoms with Crippen LogP contribution in [0.1, 0.15) is 63.2 Å². The van der Waals surface area contributed by atoms with Crippen LogP contribution in [0, 0.1) is 5.92 Å². The number of benzene rings is 2. The van der Waals surface area contributed by atoms with E-state index >= 15 is 0 Å². The van der Waals surface area contributed by atoms with Gasteiger partial charge in [0.1, 0.15) is 17.5 Å². The SMILES string of the molecule is CCCCCCOc1ccc(NCCNC(=O)[C@H](CC(C)C)NC(=O)c2ccc(OC)cc2)cc1. The molecule has 0 unspecified atom stereocenters. The molecule has 1 atom stereocenters. The van der Waals surface area contributed by atoms with Crippen LogP contribution >= 0.6 is 0 Å². The van der Waals surface area contributed by atoms with Gasteiger partial charge >= 0.3 is 0 Å². The summed E-state index contributed by atoms with van der Waals surface area (Å²) in [4.78, 5) is 25.4. The summed E-state index contributed by atoms with van der Waals surface area (Å²) in [7, 11) is 1.58. The van der Waals surface area contributed by atoms with Gasteiger partial charge < -0.3 is 25.4 Å². The highest BCUT2D eigenvalue weighted by atomic mass is 16.5. The topological polar surface area (TPSA) is 88.7 Å². The molecule has 0 aromatic heterocycles. The fourth-order valence-corrected chi connectivity index (χ4v) is 3.59. The van der Waals surface area contributed by atoms with Gasteiger partial charge in [-0.05, 0) is 67.3 Å². The minimum absolute atomic E-state index is 0.186. The molecule has 7 nitrogen and oxygen atoms in total. The van der Waals surface area contributed by atoms with Gasteiger partial charge in [0, 0.05) is 24.3 Å². The van der Waals surface area contributed by atoms with Crippen LogP contribution < -0.4 is 25.4 Å². The molecule has 2 amide bonds. The number of ether oxygens (including phenoxy) is 2. The lowest BCUT2D eigenvalue weighted by Gasteiger charge is -2.20. The van der Waals surface area contributed by atoms with Gasteiger partial charge in [0.05, 0.1) is 13.7 Å². The fourth-order valence-electron chi connectivity index (χ4n) is 3.59. The minimum atomic E-state index is -0.599. The number of carbonyl (C=O) groups excluding carboxylic acids is 2. The second kappa shape index (κ2) is 15.6. The molecule has 2 rings (SSSR count). The standard InChI is InChI=1S/C28H41N3O4/c1-5-6-7-8-19-35-25-15-11-23(12-16-25)29-17-18-30-28(33)26(20-21(2)3)31-27(32)22-9-13-24(34-4)14-10-22/h9-16,21,26,29H,5-8,17-20H2,1-4H3,(H,30,33)(H,31,32)/t26-/m0/s1. The van der Waals surface area contributed by atoms with Crippen LogP contribution in [0.3, 0.4) is 0 Å². The Morgan fingerprint density at radius 3 is 2.20 bits per heavy atom. The third-order valence-electron chi connectivity index (χ3n) is 5.56. The van der Waals surface area contributed by atoms with Crippen molar-refractivity contribution < 1.29 is 19.1 Å².